The molecule has 0 aromatic carbocycles. The van der Waals surface area contributed by atoms with Gasteiger partial charge < -0.3 is 0 Å². The molecule has 0 radical (unpaired) electrons. The Bertz CT molecular complexity index is 371. The molecule has 0 atom stereocenters. The van der Waals surface area contributed by atoms with Crippen LogP contribution in [0.2, 0.25) is 5.02 Å². The summed E-state index contributed by atoms with van der Waals surface area (Å²) in [6, 6.07) is 0. The number of hydrogen-bond acceptors (Lipinski definition) is 2. The van der Waals surface area contributed by atoms with E-state index in [0.29, 0.717) is 23.4 Å². The fraction of sp³-hybridized carbons (Fsp3) is 0.700. The van der Waals surface area contributed by atoms with Gasteiger partial charge in [-0.25, -0.2) is 8.78 Å². The standard InChI is InChI=1S/C10H15BrClF2N3/c1-7-10(12)8(16(2)15-7)5-17(4-3-11)6-9(13)14/h9H,3-6H2,1-2H3. The van der Waals surface area contributed by atoms with Crippen molar-refractivity contribution in [3.8, 4) is 0 Å². The monoisotopic (exact) mass is 329 g/mol. The van der Waals surface area contributed by atoms with E-state index >= 15 is 0 Å². The van der Waals surface area contributed by atoms with Crippen molar-refractivity contribution in [2.45, 2.75) is 19.9 Å². The molecule has 0 fully saturated rings. The Hall–Kier alpha value is -0.200. The van der Waals surface area contributed by atoms with Gasteiger partial charge in [-0.2, -0.15) is 5.10 Å². The SMILES string of the molecule is Cc1nn(C)c(CN(CCBr)CC(F)F)c1Cl. The maximum absolute atomic E-state index is 12.4. The third-order valence-corrected chi connectivity index (χ3v) is 3.28. The quantitative estimate of drug-likeness (QED) is 0.748. The van der Waals surface area contributed by atoms with Crippen LogP contribution < -0.4 is 0 Å². The molecule has 1 heterocycles. The zero-order valence-electron chi connectivity index (χ0n) is 9.76. The number of nitrogens with zero attached hydrogens (tertiary/aromatic N) is 3. The van der Waals surface area contributed by atoms with E-state index in [4.69, 9.17) is 11.6 Å². The maximum Gasteiger partial charge on any atom is 0.251 e. The second-order valence-electron chi connectivity index (χ2n) is 3.78. The minimum Gasteiger partial charge on any atom is -0.291 e. The number of hydrogen-bond donors (Lipinski definition) is 0. The molecule has 0 N–H and O–H groups in total. The Labute approximate surface area is 113 Å². The summed E-state index contributed by atoms with van der Waals surface area (Å²) in [4.78, 5) is 1.65. The van der Waals surface area contributed by atoms with Crippen molar-refractivity contribution >= 4 is 27.5 Å². The van der Waals surface area contributed by atoms with Gasteiger partial charge in [-0.15, -0.1) is 0 Å². The molecule has 0 unspecified atom stereocenters. The van der Waals surface area contributed by atoms with Crippen LogP contribution >= 0.6 is 27.5 Å². The number of aryl methyl sites for hydroxylation is 2. The molecule has 17 heavy (non-hydrogen) atoms. The molecule has 0 aliphatic rings. The van der Waals surface area contributed by atoms with E-state index in [-0.39, 0.29) is 6.54 Å². The van der Waals surface area contributed by atoms with Gasteiger partial charge in [-0.1, -0.05) is 27.5 Å². The zero-order valence-corrected chi connectivity index (χ0v) is 12.1. The molecule has 0 aliphatic heterocycles. The van der Waals surface area contributed by atoms with Crippen LogP contribution in [0.25, 0.3) is 0 Å². The minimum absolute atomic E-state index is 0.258. The van der Waals surface area contributed by atoms with Crippen LogP contribution in [-0.2, 0) is 13.6 Å². The van der Waals surface area contributed by atoms with Crippen molar-refractivity contribution in [1.29, 1.82) is 0 Å². The number of halogens is 4. The highest BCUT2D eigenvalue weighted by Crippen LogP contribution is 2.21. The van der Waals surface area contributed by atoms with E-state index in [1.807, 2.05) is 0 Å². The third kappa shape index (κ3) is 4.19. The summed E-state index contributed by atoms with van der Waals surface area (Å²) >= 11 is 9.34. The van der Waals surface area contributed by atoms with Gasteiger partial charge in [0, 0.05) is 25.5 Å². The Kier molecular flexibility index (Phi) is 5.82. The van der Waals surface area contributed by atoms with E-state index in [1.165, 1.54) is 0 Å². The van der Waals surface area contributed by atoms with E-state index in [2.05, 4.69) is 21.0 Å². The largest absolute Gasteiger partial charge is 0.291 e. The first kappa shape index (κ1) is 14.9. The van der Waals surface area contributed by atoms with Gasteiger partial charge in [-0.05, 0) is 6.92 Å². The normalized spacial score (nSPS) is 11.8. The van der Waals surface area contributed by atoms with Crippen molar-refractivity contribution in [1.82, 2.24) is 14.7 Å². The first-order chi connectivity index (χ1) is 7.95. The summed E-state index contributed by atoms with van der Waals surface area (Å²) in [6.07, 6.45) is -2.35. The number of alkyl halides is 3. The van der Waals surface area contributed by atoms with E-state index in [0.717, 1.165) is 11.4 Å². The lowest BCUT2D eigenvalue weighted by atomic mass is 10.3. The molecule has 0 spiro atoms. The van der Waals surface area contributed by atoms with Crippen LogP contribution in [0.4, 0.5) is 8.78 Å². The summed E-state index contributed by atoms with van der Waals surface area (Å²) in [7, 11) is 1.77. The van der Waals surface area contributed by atoms with Gasteiger partial charge in [0.2, 0.25) is 0 Å². The topological polar surface area (TPSA) is 21.1 Å². The van der Waals surface area contributed by atoms with E-state index in [9.17, 15) is 8.78 Å². The molecule has 3 nitrogen and oxygen atoms in total. The first-order valence-corrected chi connectivity index (χ1v) is 6.70. The smallest absolute Gasteiger partial charge is 0.251 e. The molecule has 0 aliphatic carbocycles. The molecule has 98 valence electrons. The van der Waals surface area contributed by atoms with Gasteiger partial charge >= 0.3 is 0 Å². The average molecular weight is 331 g/mol. The van der Waals surface area contributed by atoms with Crippen molar-refractivity contribution < 1.29 is 8.78 Å². The van der Waals surface area contributed by atoms with Gasteiger partial charge in [0.05, 0.1) is 23.0 Å². The second kappa shape index (κ2) is 6.66. The van der Waals surface area contributed by atoms with Crippen molar-refractivity contribution in [2.24, 2.45) is 7.05 Å². The molecular weight excluding hydrogens is 315 g/mol. The van der Waals surface area contributed by atoms with Crippen LogP contribution in [0, 0.1) is 6.92 Å². The highest BCUT2D eigenvalue weighted by molar-refractivity contribution is 9.09. The molecule has 0 saturated heterocycles. The number of rotatable bonds is 6. The predicted octanol–water partition coefficient (Wildman–Crippen LogP) is 2.84. The second-order valence-corrected chi connectivity index (χ2v) is 4.96. The van der Waals surface area contributed by atoms with E-state index < -0.39 is 6.43 Å². The Morgan fingerprint density at radius 1 is 1.53 bits per heavy atom. The van der Waals surface area contributed by atoms with Crippen molar-refractivity contribution in [3.05, 3.63) is 16.4 Å². The fourth-order valence-electron chi connectivity index (χ4n) is 1.61. The minimum atomic E-state index is -2.35. The lowest BCUT2D eigenvalue weighted by Gasteiger charge is -2.20. The lowest BCUT2D eigenvalue weighted by Crippen LogP contribution is -2.31. The average Bonchev–Trinajstić information content (AvgIpc) is 2.44. The first-order valence-electron chi connectivity index (χ1n) is 5.20. The van der Waals surface area contributed by atoms with Crippen LogP contribution in [0.1, 0.15) is 11.4 Å². The molecule has 1 rings (SSSR count). The van der Waals surface area contributed by atoms with Crippen LogP contribution in [0.3, 0.4) is 0 Å². The summed E-state index contributed by atoms with van der Waals surface area (Å²) in [5.74, 6) is 0. The van der Waals surface area contributed by atoms with Gasteiger partial charge in [-0.3, -0.25) is 9.58 Å². The molecule has 7 heteroatoms. The predicted molar refractivity (Wildman–Crippen MR) is 68.0 cm³/mol. The Morgan fingerprint density at radius 2 is 2.18 bits per heavy atom. The molecule has 1 aromatic rings. The maximum atomic E-state index is 12.4. The van der Waals surface area contributed by atoms with Gasteiger partial charge in [0.25, 0.3) is 6.43 Å². The molecule has 0 amide bonds. The van der Waals surface area contributed by atoms with E-state index in [1.54, 1.807) is 23.6 Å². The van der Waals surface area contributed by atoms with Crippen molar-refractivity contribution in [3.63, 3.8) is 0 Å². The highest BCUT2D eigenvalue weighted by atomic mass is 79.9. The molecule has 1 aromatic heterocycles. The lowest BCUT2D eigenvalue weighted by molar-refractivity contribution is 0.0870. The summed E-state index contributed by atoms with van der Waals surface area (Å²) in [5.41, 5.74) is 1.49. The zero-order chi connectivity index (χ0) is 13.0. The van der Waals surface area contributed by atoms with Gasteiger partial charge in [0.1, 0.15) is 0 Å². The molecular formula is C10H15BrClF2N3. The van der Waals surface area contributed by atoms with Crippen LogP contribution in [0.15, 0.2) is 0 Å². The van der Waals surface area contributed by atoms with Crippen LogP contribution in [-0.4, -0.2) is 39.5 Å². The highest BCUT2D eigenvalue weighted by Gasteiger charge is 2.17. The summed E-state index contributed by atoms with van der Waals surface area (Å²) in [5, 5.41) is 5.37. The Balaban J connectivity index is 2.78. The van der Waals surface area contributed by atoms with Crippen molar-refractivity contribution in [2.75, 3.05) is 18.4 Å². The Morgan fingerprint density at radius 3 is 2.59 bits per heavy atom. The van der Waals surface area contributed by atoms with Crippen LogP contribution in [0.5, 0.6) is 0 Å². The number of aromatic nitrogens is 2. The fourth-order valence-corrected chi connectivity index (χ4v) is 2.33. The summed E-state index contributed by atoms with van der Waals surface area (Å²) in [6.45, 7) is 2.47. The molecule has 0 bridgehead atoms. The summed E-state index contributed by atoms with van der Waals surface area (Å²) < 4.78 is 26.5. The molecule has 0 saturated carbocycles. The van der Waals surface area contributed by atoms with Gasteiger partial charge in [0.15, 0.2) is 0 Å². The third-order valence-electron chi connectivity index (χ3n) is 2.43.